The number of rotatable bonds is 1. The van der Waals surface area contributed by atoms with Crippen LogP contribution in [0.5, 0.6) is 5.75 Å². The van der Waals surface area contributed by atoms with Gasteiger partial charge in [0.1, 0.15) is 5.75 Å². The van der Waals surface area contributed by atoms with Crippen LogP contribution in [0.3, 0.4) is 0 Å². The van der Waals surface area contributed by atoms with Gasteiger partial charge >= 0.3 is 0 Å². The summed E-state index contributed by atoms with van der Waals surface area (Å²) in [6.45, 7) is 0.226. The van der Waals surface area contributed by atoms with Crippen LogP contribution in [0.15, 0.2) is 18.2 Å². The number of hydrogen-bond donors (Lipinski definition) is 0. The predicted octanol–water partition coefficient (Wildman–Crippen LogP) is 3.31. The van der Waals surface area contributed by atoms with Crippen LogP contribution in [0.2, 0.25) is 0 Å². The van der Waals surface area contributed by atoms with Gasteiger partial charge in [0.25, 0.3) is 0 Å². The van der Waals surface area contributed by atoms with Crippen LogP contribution >= 0.6 is 0 Å². The lowest BCUT2D eigenvalue weighted by Gasteiger charge is -2.22. The second-order valence-corrected chi connectivity index (χ2v) is 4.80. The van der Waals surface area contributed by atoms with Gasteiger partial charge in [-0.2, -0.15) is 0 Å². The van der Waals surface area contributed by atoms with Crippen molar-refractivity contribution >= 4 is 5.78 Å². The molecule has 84 valence electrons. The van der Waals surface area contributed by atoms with Crippen LogP contribution in [0, 0.1) is 0 Å². The maximum absolute atomic E-state index is 11.4. The molecule has 3 rings (SSSR count). The molecule has 1 aromatic carbocycles. The smallest absolute Gasteiger partial charge is 0.203 e. The predicted molar refractivity (Wildman–Crippen MR) is 62.1 cm³/mol. The third kappa shape index (κ3) is 1.62. The highest BCUT2D eigenvalue weighted by atomic mass is 16.5. The number of carbonyl (C=O) groups is 1. The first-order valence-corrected chi connectivity index (χ1v) is 6.14. The zero-order valence-corrected chi connectivity index (χ0v) is 9.37. The van der Waals surface area contributed by atoms with E-state index in [-0.39, 0.29) is 12.4 Å². The lowest BCUT2D eigenvalue weighted by molar-refractivity contribution is 0.0961. The minimum atomic E-state index is 0.116. The largest absolute Gasteiger partial charge is 0.485 e. The highest BCUT2D eigenvalue weighted by Gasteiger charge is 2.23. The Morgan fingerprint density at radius 3 is 2.75 bits per heavy atom. The van der Waals surface area contributed by atoms with E-state index in [0.29, 0.717) is 5.92 Å². The van der Waals surface area contributed by atoms with E-state index in [1.54, 1.807) is 0 Å². The molecule has 0 aromatic heterocycles. The average molecular weight is 216 g/mol. The van der Waals surface area contributed by atoms with Gasteiger partial charge in [-0.05, 0) is 36.5 Å². The first-order chi connectivity index (χ1) is 7.84. The fourth-order valence-corrected chi connectivity index (χ4v) is 2.80. The summed E-state index contributed by atoms with van der Waals surface area (Å²) in [6, 6.07) is 6.13. The summed E-state index contributed by atoms with van der Waals surface area (Å²) in [5, 5.41) is 0. The molecule has 1 fully saturated rings. The molecule has 0 radical (unpaired) electrons. The maximum atomic E-state index is 11.4. The molecule has 0 bridgehead atoms. The lowest BCUT2D eigenvalue weighted by atomic mass is 9.84. The number of ketones is 1. The van der Waals surface area contributed by atoms with Crippen molar-refractivity contribution in [3.8, 4) is 5.75 Å². The van der Waals surface area contributed by atoms with Crippen molar-refractivity contribution in [3.05, 3.63) is 29.3 Å². The van der Waals surface area contributed by atoms with E-state index in [1.807, 2.05) is 6.07 Å². The Balaban J connectivity index is 1.89. The van der Waals surface area contributed by atoms with E-state index in [0.717, 1.165) is 11.3 Å². The molecular formula is C14H16O2. The van der Waals surface area contributed by atoms with Crippen molar-refractivity contribution in [2.45, 2.75) is 38.0 Å². The van der Waals surface area contributed by atoms with Crippen molar-refractivity contribution in [1.29, 1.82) is 0 Å². The molecule has 16 heavy (non-hydrogen) atoms. The third-order valence-corrected chi connectivity index (χ3v) is 3.74. The van der Waals surface area contributed by atoms with Gasteiger partial charge in [0.05, 0.1) is 5.56 Å². The Morgan fingerprint density at radius 1 is 1.12 bits per heavy atom. The fraction of sp³-hybridized carbons (Fsp3) is 0.500. The third-order valence-electron chi connectivity index (χ3n) is 3.74. The van der Waals surface area contributed by atoms with E-state index in [9.17, 15) is 4.79 Å². The van der Waals surface area contributed by atoms with Crippen molar-refractivity contribution in [3.63, 3.8) is 0 Å². The summed E-state index contributed by atoms with van der Waals surface area (Å²) >= 11 is 0. The molecule has 1 aromatic rings. The molecule has 0 unspecified atom stereocenters. The highest BCUT2D eigenvalue weighted by molar-refractivity contribution is 6.02. The first-order valence-electron chi connectivity index (χ1n) is 6.14. The molecule has 0 atom stereocenters. The molecule has 1 aliphatic heterocycles. The van der Waals surface area contributed by atoms with Gasteiger partial charge in [-0.25, -0.2) is 0 Å². The number of carbonyl (C=O) groups excluding carboxylic acids is 1. The average Bonchev–Trinajstić information content (AvgIpc) is 2.72. The molecule has 2 aliphatic rings. The minimum absolute atomic E-state index is 0.116. The summed E-state index contributed by atoms with van der Waals surface area (Å²) in [5.41, 5.74) is 2.12. The van der Waals surface area contributed by atoms with Gasteiger partial charge in [-0.15, -0.1) is 0 Å². The van der Waals surface area contributed by atoms with Crippen LogP contribution in [-0.2, 0) is 0 Å². The topological polar surface area (TPSA) is 26.3 Å². The van der Waals surface area contributed by atoms with E-state index in [4.69, 9.17) is 4.74 Å². The summed E-state index contributed by atoms with van der Waals surface area (Å²) in [7, 11) is 0. The fourth-order valence-electron chi connectivity index (χ4n) is 2.80. The molecule has 0 amide bonds. The molecule has 0 spiro atoms. The Hall–Kier alpha value is -1.31. The summed E-state index contributed by atoms with van der Waals surface area (Å²) in [6.07, 6.45) is 6.61. The number of hydrogen-bond acceptors (Lipinski definition) is 2. The van der Waals surface area contributed by atoms with Crippen molar-refractivity contribution in [1.82, 2.24) is 0 Å². The Kier molecular flexibility index (Phi) is 2.43. The molecule has 2 heteroatoms. The van der Waals surface area contributed by atoms with Gasteiger partial charge in [-0.3, -0.25) is 4.79 Å². The van der Waals surface area contributed by atoms with Gasteiger partial charge in [-0.1, -0.05) is 25.3 Å². The van der Waals surface area contributed by atoms with Crippen molar-refractivity contribution < 1.29 is 9.53 Å². The van der Waals surface area contributed by atoms with E-state index < -0.39 is 0 Å². The molecule has 2 nitrogen and oxygen atoms in total. The number of benzene rings is 1. The zero-order chi connectivity index (χ0) is 11.0. The number of ether oxygens (including phenoxy) is 1. The lowest BCUT2D eigenvalue weighted by Crippen LogP contribution is -2.04. The standard InChI is InChI=1S/C14H16O2/c15-13-9-16-14-8-11(6-7-12(13)14)10-4-2-1-3-5-10/h6-8,10H,1-5,9H2. The zero-order valence-electron chi connectivity index (χ0n) is 9.37. The van der Waals surface area contributed by atoms with Gasteiger partial charge in [0, 0.05) is 0 Å². The maximum Gasteiger partial charge on any atom is 0.203 e. The van der Waals surface area contributed by atoms with Crippen LogP contribution in [0.1, 0.15) is 53.9 Å². The number of fused-ring (bicyclic) bond motifs is 1. The molecule has 1 heterocycles. The summed E-state index contributed by atoms with van der Waals surface area (Å²) in [5.74, 6) is 1.59. The van der Waals surface area contributed by atoms with Crippen molar-refractivity contribution in [2.24, 2.45) is 0 Å². The monoisotopic (exact) mass is 216 g/mol. The quantitative estimate of drug-likeness (QED) is 0.720. The first kappa shape index (κ1) is 9.88. The van der Waals surface area contributed by atoms with Crippen LogP contribution in [0.25, 0.3) is 0 Å². The minimum Gasteiger partial charge on any atom is -0.485 e. The SMILES string of the molecule is O=C1COc2cc(C3CCCCC3)ccc21. The van der Waals surface area contributed by atoms with Crippen molar-refractivity contribution in [2.75, 3.05) is 6.61 Å². The van der Waals surface area contributed by atoms with Gasteiger partial charge < -0.3 is 4.74 Å². The second-order valence-electron chi connectivity index (χ2n) is 4.80. The van der Waals surface area contributed by atoms with Gasteiger partial charge in [0.2, 0.25) is 5.78 Å². The van der Waals surface area contributed by atoms with Gasteiger partial charge in [0.15, 0.2) is 6.61 Å². The van der Waals surface area contributed by atoms with E-state index in [1.165, 1.54) is 37.7 Å². The molecule has 0 saturated heterocycles. The Morgan fingerprint density at radius 2 is 1.94 bits per heavy atom. The second kappa shape index (κ2) is 3.93. The Bertz CT molecular complexity index is 417. The molecular weight excluding hydrogens is 200 g/mol. The number of Topliss-reactive ketones (excluding diaryl/α,β-unsaturated/α-hetero) is 1. The normalized spacial score (nSPS) is 20.6. The summed E-state index contributed by atoms with van der Waals surface area (Å²) < 4.78 is 5.39. The van der Waals surface area contributed by atoms with E-state index >= 15 is 0 Å². The molecule has 0 N–H and O–H groups in total. The highest BCUT2D eigenvalue weighted by Crippen LogP contribution is 2.36. The van der Waals surface area contributed by atoms with Crippen LogP contribution in [0.4, 0.5) is 0 Å². The summed E-state index contributed by atoms with van der Waals surface area (Å²) in [4.78, 5) is 11.4. The molecule has 1 saturated carbocycles. The molecule has 1 aliphatic carbocycles. The Labute approximate surface area is 95.6 Å². The van der Waals surface area contributed by atoms with Crippen LogP contribution < -0.4 is 4.74 Å². The van der Waals surface area contributed by atoms with Crippen LogP contribution in [-0.4, -0.2) is 12.4 Å². The van der Waals surface area contributed by atoms with E-state index in [2.05, 4.69) is 12.1 Å².